The molecule has 2 rings (SSSR count). The Morgan fingerprint density at radius 2 is 1.90 bits per heavy atom. The van der Waals surface area contributed by atoms with Crippen LogP contribution in [0.3, 0.4) is 0 Å². The van der Waals surface area contributed by atoms with Gasteiger partial charge in [-0.25, -0.2) is 0 Å². The average Bonchev–Trinajstić information content (AvgIpc) is 2.46. The highest BCUT2D eigenvalue weighted by Crippen LogP contribution is 2.39. The maximum Gasteiger partial charge on any atom is 0.308 e. The summed E-state index contributed by atoms with van der Waals surface area (Å²) in [6.45, 7) is 4.52. The minimum Gasteiger partial charge on any atom is -0.465 e. The molecule has 1 aliphatic rings. The number of aryl methyl sites for hydroxylation is 1. The number of ether oxygens (including phenoxy) is 1. The highest BCUT2D eigenvalue weighted by Gasteiger charge is 2.37. The quantitative estimate of drug-likeness (QED) is 0.858. The standard InChI is InChI=1S/C17H24O3/c1-3-12-20-16(18)14-8-10-17(19,11-9-14)15-6-4-13(2)5-7-15/h4-7,14,19H,3,8-12H2,1-2H3. The molecular weight excluding hydrogens is 252 g/mol. The molecule has 0 spiro atoms. The Hall–Kier alpha value is -1.35. The molecule has 0 unspecified atom stereocenters. The number of carbonyl (C=O) groups excluding carboxylic acids is 1. The Labute approximate surface area is 121 Å². The van der Waals surface area contributed by atoms with Gasteiger partial charge < -0.3 is 9.84 Å². The van der Waals surface area contributed by atoms with E-state index in [9.17, 15) is 9.90 Å². The number of rotatable bonds is 4. The fraction of sp³-hybridized carbons (Fsp3) is 0.588. The van der Waals surface area contributed by atoms with Gasteiger partial charge in [0.25, 0.3) is 0 Å². The Morgan fingerprint density at radius 3 is 2.45 bits per heavy atom. The average molecular weight is 276 g/mol. The van der Waals surface area contributed by atoms with Gasteiger partial charge in [0, 0.05) is 0 Å². The van der Waals surface area contributed by atoms with Crippen LogP contribution in [0.2, 0.25) is 0 Å². The molecule has 0 saturated heterocycles. The third-order valence-corrected chi connectivity index (χ3v) is 4.18. The molecular formula is C17H24O3. The van der Waals surface area contributed by atoms with Gasteiger partial charge in [0.2, 0.25) is 0 Å². The summed E-state index contributed by atoms with van der Waals surface area (Å²) in [5.74, 6) is -0.148. The van der Waals surface area contributed by atoms with Crippen molar-refractivity contribution in [3.8, 4) is 0 Å². The number of aliphatic hydroxyl groups is 1. The van der Waals surface area contributed by atoms with E-state index < -0.39 is 5.60 Å². The summed E-state index contributed by atoms with van der Waals surface area (Å²) in [5, 5.41) is 10.8. The summed E-state index contributed by atoms with van der Waals surface area (Å²) < 4.78 is 5.20. The second kappa shape index (κ2) is 6.40. The lowest BCUT2D eigenvalue weighted by Gasteiger charge is -2.35. The van der Waals surface area contributed by atoms with Crippen LogP contribution in [-0.2, 0) is 15.1 Å². The number of carbonyl (C=O) groups is 1. The summed E-state index contributed by atoms with van der Waals surface area (Å²) in [6.07, 6.45) is 3.51. The smallest absolute Gasteiger partial charge is 0.308 e. The minimum absolute atomic E-state index is 0.0488. The van der Waals surface area contributed by atoms with Crippen molar-refractivity contribution in [3.63, 3.8) is 0 Å². The Kier molecular flexibility index (Phi) is 4.81. The molecule has 20 heavy (non-hydrogen) atoms. The molecule has 1 aromatic rings. The van der Waals surface area contributed by atoms with E-state index in [1.54, 1.807) is 0 Å². The Bertz CT molecular complexity index is 442. The first kappa shape index (κ1) is 15.0. The van der Waals surface area contributed by atoms with Crippen molar-refractivity contribution < 1.29 is 14.6 Å². The monoisotopic (exact) mass is 276 g/mol. The molecule has 110 valence electrons. The summed E-state index contributed by atoms with van der Waals surface area (Å²) in [5.41, 5.74) is 1.37. The predicted molar refractivity (Wildman–Crippen MR) is 78.3 cm³/mol. The van der Waals surface area contributed by atoms with Gasteiger partial charge in [-0.2, -0.15) is 0 Å². The SMILES string of the molecule is CCCOC(=O)C1CCC(O)(c2ccc(C)cc2)CC1. The van der Waals surface area contributed by atoms with E-state index in [1.807, 2.05) is 38.1 Å². The first-order valence-corrected chi connectivity index (χ1v) is 7.51. The second-order valence-electron chi connectivity index (χ2n) is 5.84. The maximum absolute atomic E-state index is 11.8. The molecule has 1 aromatic carbocycles. The van der Waals surface area contributed by atoms with Crippen LogP contribution in [0, 0.1) is 12.8 Å². The molecule has 1 saturated carbocycles. The van der Waals surface area contributed by atoms with E-state index in [1.165, 1.54) is 5.56 Å². The van der Waals surface area contributed by atoms with Crippen LogP contribution in [0.15, 0.2) is 24.3 Å². The first-order valence-electron chi connectivity index (χ1n) is 7.51. The van der Waals surface area contributed by atoms with Crippen molar-refractivity contribution in [2.24, 2.45) is 5.92 Å². The minimum atomic E-state index is -0.783. The van der Waals surface area contributed by atoms with Crippen LogP contribution in [0.1, 0.15) is 50.2 Å². The highest BCUT2D eigenvalue weighted by molar-refractivity contribution is 5.72. The van der Waals surface area contributed by atoms with Gasteiger partial charge in [0.05, 0.1) is 18.1 Å². The van der Waals surface area contributed by atoms with Crippen LogP contribution in [-0.4, -0.2) is 17.7 Å². The fourth-order valence-corrected chi connectivity index (χ4v) is 2.80. The second-order valence-corrected chi connectivity index (χ2v) is 5.84. The van der Waals surface area contributed by atoms with Crippen LogP contribution in [0.4, 0.5) is 0 Å². The van der Waals surface area contributed by atoms with Gasteiger partial charge in [-0.1, -0.05) is 36.8 Å². The molecule has 3 nitrogen and oxygen atoms in total. The lowest BCUT2D eigenvalue weighted by molar-refractivity contribution is -0.151. The van der Waals surface area contributed by atoms with E-state index in [4.69, 9.17) is 4.74 Å². The normalized spacial score (nSPS) is 26.2. The van der Waals surface area contributed by atoms with Gasteiger partial charge in [-0.3, -0.25) is 4.79 Å². The lowest BCUT2D eigenvalue weighted by atomic mass is 9.75. The third-order valence-electron chi connectivity index (χ3n) is 4.18. The van der Waals surface area contributed by atoms with E-state index in [0.29, 0.717) is 32.3 Å². The maximum atomic E-state index is 11.8. The van der Waals surface area contributed by atoms with E-state index in [-0.39, 0.29) is 11.9 Å². The lowest BCUT2D eigenvalue weighted by Crippen LogP contribution is -2.34. The van der Waals surface area contributed by atoms with Crippen LogP contribution < -0.4 is 0 Å². The highest BCUT2D eigenvalue weighted by atomic mass is 16.5. The van der Waals surface area contributed by atoms with Crippen LogP contribution >= 0.6 is 0 Å². The van der Waals surface area contributed by atoms with Crippen molar-refractivity contribution in [1.82, 2.24) is 0 Å². The van der Waals surface area contributed by atoms with Crippen molar-refractivity contribution >= 4 is 5.97 Å². The molecule has 0 aromatic heterocycles. The molecule has 1 N–H and O–H groups in total. The van der Waals surface area contributed by atoms with Crippen LogP contribution in [0.25, 0.3) is 0 Å². The number of hydrogen-bond donors (Lipinski definition) is 1. The largest absolute Gasteiger partial charge is 0.465 e. The van der Waals surface area contributed by atoms with Gasteiger partial charge in [-0.15, -0.1) is 0 Å². The molecule has 1 fully saturated rings. The molecule has 0 aliphatic heterocycles. The molecule has 0 radical (unpaired) electrons. The van der Waals surface area contributed by atoms with E-state index >= 15 is 0 Å². The third kappa shape index (κ3) is 3.40. The number of esters is 1. The van der Waals surface area contributed by atoms with E-state index in [0.717, 1.165) is 12.0 Å². The summed E-state index contributed by atoms with van der Waals surface area (Å²) >= 11 is 0. The summed E-state index contributed by atoms with van der Waals surface area (Å²) in [6, 6.07) is 8.03. The Balaban J connectivity index is 1.96. The van der Waals surface area contributed by atoms with Gasteiger partial charge >= 0.3 is 5.97 Å². The summed E-state index contributed by atoms with van der Waals surface area (Å²) in [7, 11) is 0. The number of hydrogen-bond acceptors (Lipinski definition) is 3. The number of benzene rings is 1. The van der Waals surface area contributed by atoms with Crippen LogP contribution in [0.5, 0.6) is 0 Å². The van der Waals surface area contributed by atoms with Gasteiger partial charge in [-0.05, 0) is 44.6 Å². The zero-order valence-corrected chi connectivity index (χ0v) is 12.4. The molecule has 1 aliphatic carbocycles. The molecule has 3 heteroatoms. The molecule has 0 amide bonds. The van der Waals surface area contributed by atoms with Crippen molar-refractivity contribution in [3.05, 3.63) is 35.4 Å². The molecule has 0 heterocycles. The van der Waals surface area contributed by atoms with Gasteiger partial charge in [0.15, 0.2) is 0 Å². The topological polar surface area (TPSA) is 46.5 Å². The predicted octanol–water partition coefficient (Wildman–Crippen LogP) is 3.33. The van der Waals surface area contributed by atoms with E-state index in [2.05, 4.69) is 0 Å². The van der Waals surface area contributed by atoms with Crippen molar-refractivity contribution in [2.45, 2.75) is 51.6 Å². The zero-order chi connectivity index (χ0) is 14.6. The molecule has 0 bridgehead atoms. The summed E-state index contributed by atoms with van der Waals surface area (Å²) in [4.78, 5) is 11.8. The van der Waals surface area contributed by atoms with Crippen molar-refractivity contribution in [2.75, 3.05) is 6.61 Å². The van der Waals surface area contributed by atoms with Crippen molar-refractivity contribution in [1.29, 1.82) is 0 Å². The molecule has 0 atom stereocenters. The fourth-order valence-electron chi connectivity index (χ4n) is 2.80. The zero-order valence-electron chi connectivity index (χ0n) is 12.4. The Morgan fingerprint density at radius 1 is 1.30 bits per heavy atom. The van der Waals surface area contributed by atoms with Gasteiger partial charge in [0.1, 0.15) is 0 Å². The first-order chi connectivity index (χ1) is 9.55.